The molecule has 0 saturated carbocycles. The molecule has 3 nitrogen and oxygen atoms in total. The van der Waals surface area contributed by atoms with Gasteiger partial charge in [-0.1, -0.05) is 16.6 Å². The summed E-state index contributed by atoms with van der Waals surface area (Å²) < 4.78 is 3.82. The standard InChI is InChI=1S/C9H8N2OS/c1-6-9(10-11-13-6)7-4-2-3-5-8(7)12/h2-5,12H,1H3. The van der Waals surface area contributed by atoms with Crippen LogP contribution >= 0.6 is 11.5 Å². The van der Waals surface area contributed by atoms with Gasteiger partial charge in [0.05, 0.1) is 4.88 Å². The molecule has 0 spiro atoms. The molecule has 0 radical (unpaired) electrons. The molecule has 1 heterocycles. The minimum Gasteiger partial charge on any atom is -0.507 e. The number of nitrogens with zero attached hydrogens (tertiary/aromatic N) is 2. The predicted molar refractivity (Wildman–Crippen MR) is 51.7 cm³/mol. The smallest absolute Gasteiger partial charge is 0.125 e. The van der Waals surface area contributed by atoms with Crippen LogP contribution in [0.5, 0.6) is 5.75 Å². The van der Waals surface area contributed by atoms with Crippen molar-refractivity contribution < 1.29 is 5.11 Å². The number of rotatable bonds is 1. The number of aromatic nitrogens is 2. The van der Waals surface area contributed by atoms with Gasteiger partial charge in [-0.15, -0.1) is 5.10 Å². The Labute approximate surface area is 79.8 Å². The zero-order valence-corrected chi connectivity index (χ0v) is 7.88. The molecule has 0 bridgehead atoms. The highest BCUT2D eigenvalue weighted by Crippen LogP contribution is 2.30. The van der Waals surface area contributed by atoms with Gasteiger partial charge in [0.25, 0.3) is 0 Å². The van der Waals surface area contributed by atoms with Crippen molar-refractivity contribution in [3.8, 4) is 17.0 Å². The lowest BCUT2D eigenvalue weighted by Crippen LogP contribution is -1.81. The Bertz CT molecular complexity index is 425. The van der Waals surface area contributed by atoms with E-state index in [0.29, 0.717) is 0 Å². The number of aryl methyl sites for hydroxylation is 1. The van der Waals surface area contributed by atoms with E-state index in [0.717, 1.165) is 16.1 Å². The Morgan fingerprint density at radius 2 is 2.08 bits per heavy atom. The molecule has 1 N–H and O–H groups in total. The summed E-state index contributed by atoms with van der Waals surface area (Å²) in [5.74, 6) is 0.248. The minimum absolute atomic E-state index is 0.248. The molecule has 66 valence electrons. The van der Waals surface area contributed by atoms with E-state index in [2.05, 4.69) is 9.59 Å². The molecular weight excluding hydrogens is 184 g/mol. The molecule has 0 atom stereocenters. The van der Waals surface area contributed by atoms with Crippen LogP contribution in [0.15, 0.2) is 24.3 Å². The number of aromatic hydroxyl groups is 1. The van der Waals surface area contributed by atoms with E-state index in [4.69, 9.17) is 0 Å². The number of phenolic OH excluding ortho intramolecular Hbond substituents is 1. The maximum absolute atomic E-state index is 9.54. The largest absolute Gasteiger partial charge is 0.507 e. The first-order chi connectivity index (χ1) is 6.29. The van der Waals surface area contributed by atoms with Gasteiger partial charge in [0.1, 0.15) is 11.4 Å². The maximum Gasteiger partial charge on any atom is 0.125 e. The van der Waals surface area contributed by atoms with Gasteiger partial charge in [-0.25, -0.2) is 0 Å². The molecule has 2 aromatic rings. The van der Waals surface area contributed by atoms with Crippen molar-refractivity contribution in [3.63, 3.8) is 0 Å². The topological polar surface area (TPSA) is 46.0 Å². The van der Waals surface area contributed by atoms with Gasteiger partial charge in [0.2, 0.25) is 0 Å². The van der Waals surface area contributed by atoms with Gasteiger partial charge >= 0.3 is 0 Å². The van der Waals surface area contributed by atoms with Gasteiger partial charge < -0.3 is 5.11 Å². The molecule has 0 aliphatic rings. The van der Waals surface area contributed by atoms with Crippen LogP contribution in [0.3, 0.4) is 0 Å². The molecule has 0 fully saturated rings. The number of benzene rings is 1. The van der Waals surface area contributed by atoms with Crippen molar-refractivity contribution in [1.29, 1.82) is 0 Å². The van der Waals surface area contributed by atoms with Crippen LogP contribution in [0, 0.1) is 6.92 Å². The molecule has 0 aliphatic carbocycles. The quantitative estimate of drug-likeness (QED) is 0.753. The number of hydrogen-bond donors (Lipinski definition) is 1. The second-order valence-electron chi connectivity index (χ2n) is 2.69. The average molecular weight is 192 g/mol. The van der Waals surface area contributed by atoms with Crippen molar-refractivity contribution in [1.82, 2.24) is 9.59 Å². The van der Waals surface area contributed by atoms with E-state index in [1.165, 1.54) is 11.5 Å². The van der Waals surface area contributed by atoms with Crippen LogP contribution in [0.2, 0.25) is 0 Å². The Hall–Kier alpha value is -1.42. The van der Waals surface area contributed by atoms with Crippen molar-refractivity contribution >= 4 is 11.5 Å². The number of para-hydroxylation sites is 1. The summed E-state index contributed by atoms with van der Waals surface area (Å²) in [6, 6.07) is 7.13. The molecule has 1 aromatic carbocycles. The third-order valence-electron chi connectivity index (χ3n) is 1.81. The lowest BCUT2D eigenvalue weighted by Gasteiger charge is -1.99. The first kappa shape index (κ1) is 8.19. The first-order valence-electron chi connectivity index (χ1n) is 3.86. The molecular formula is C9H8N2OS. The van der Waals surface area contributed by atoms with Gasteiger partial charge in [0, 0.05) is 5.56 Å². The molecule has 13 heavy (non-hydrogen) atoms. The van der Waals surface area contributed by atoms with Crippen LogP contribution in [-0.4, -0.2) is 14.7 Å². The van der Waals surface area contributed by atoms with E-state index in [1.807, 2.05) is 19.1 Å². The van der Waals surface area contributed by atoms with Gasteiger partial charge in [-0.2, -0.15) is 0 Å². The first-order valence-corrected chi connectivity index (χ1v) is 4.63. The van der Waals surface area contributed by atoms with Crippen LogP contribution in [0.1, 0.15) is 4.88 Å². The van der Waals surface area contributed by atoms with Crippen molar-refractivity contribution in [2.45, 2.75) is 6.92 Å². The summed E-state index contributed by atoms with van der Waals surface area (Å²) in [7, 11) is 0. The molecule has 4 heteroatoms. The van der Waals surface area contributed by atoms with Gasteiger partial charge in [-0.05, 0) is 30.6 Å². The van der Waals surface area contributed by atoms with Crippen LogP contribution in [0.25, 0.3) is 11.3 Å². The third kappa shape index (κ3) is 1.40. The third-order valence-corrected chi connectivity index (χ3v) is 2.44. The van der Waals surface area contributed by atoms with Crippen molar-refractivity contribution in [2.75, 3.05) is 0 Å². The molecule has 0 unspecified atom stereocenters. The lowest BCUT2D eigenvalue weighted by molar-refractivity contribution is 0.477. The summed E-state index contributed by atoms with van der Waals surface area (Å²) >= 11 is 1.34. The fourth-order valence-electron chi connectivity index (χ4n) is 1.15. The van der Waals surface area contributed by atoms with Crippen molar-refractivity contribution in [2.24, 2.45) is 0 Å². The maximum atomic E-state index is 9.54. The predicted octanol–water partition coefficient (Wildman–Crippen LogP) is 2.22. The highest BCUT2D eigenvalue weighted by Gasteiger charge is 2.09. The molecule has 0 amide bonds. The Balaban J connectivity index is 2.59. The zero-order valence-electron chi connectivity index (χ0n) is 7.06. The average Bonchev–Trinajstić information content (AvgIpc) is 2.52. The summed E-state index contributed by atoms with van der Waals surface area (Å²) in [6.45, 7) is 1.94. The molecule has 0 aliphatic heterocycles. The fourth-order valence-corrected chi connectivity index (χ4v) is 1.64. The monoisotopic (exact) mass is 192 g/mol. The fraction of sp³-hybridized carbons (Fsp3) is 0.111. The van der Waals surface area contributed by atoms with Gasteiger partial charge in [0.15, 0.2) is 0 Å². The van der Waals surface area contributed by atoms with Crippen molar-refractivity contribution in [3.05, 3.63) is 29.1 Å². The molecule has 0 saturated heterocycles. The molecule has 1 aromatic heterocycles. The normalized spacial score (nSPS) is 10.2. The van der Waals surface area contributed by atoms with E-state index in [9.17, 15) is 5.11 Å². The van der Waals surface area contributed by atoms with Crippen LogP contribution in [0.4, 0.5) is 0 Å². The zero-order chi connectivity index (χ0) is 9.26. The second kappa shape index (κ2) is 3.14. The van der Waals surface area contributed by atoms with E-state index < -0.39 is 0 Å². The number of phenols is 1. The molecule has 2 rings (SSSR count). The Morgan fingerprint density at radius 1 is 1.31 bits per heavy atom. The number of hydrogen-bond acceptors (Lipinski definition) is 4. The highest BCUT2D eigenvalue weighted by molar-refractivity contribution is 7.05. The van der Waals surface area contributed by atoms with E-state index in [1.54, 1.807) is 12.1 Å². The highest BCUT2D eigenvalue weighted by atomic mass is 32.1. The second-order valence-corrected chi connectivity index (χ2v) is 3.65. The summed E-state index contributed by atoms with van der Waals surface area (Å²) in [5.41, 5.74) is 1.51. The summed E-state index contributed by atoms with van der Waals surface area (Å²) in [5, 5.41) is 13.5. The summed E-state index contributed by atoms with van der Waals surface area (Å²) in [4.78, 5) is 1.02. The SMILES string of the molecule is Cc1snnc1-c1ccccc1O. The van der Waals surface area contributed by atoms with Crippen LogP contribution < -0.4 is 0 Å². The Kier molecular flexibility index (Phi) is 1.98. The minimum atomic E-state index is 0.248. The van der Waals surface area contributed by atoms with Crippen LogP contribution in [-0.2, 0) is 0 Å². The summed E-state index contributed by atoms with van der Waals surface area (Å²) in [6.07, 6.45) is 0. The Morgan fingerprint density at radius 3 is 2.69 bits per heavy atom. The van der Waals surface area contributed by atoms with E-state index >= 15 is 0 Å². The van der Waals surface area contributed by atoms with E-state index in [-0.39, 0.29) is 5.75 Å². The lowest BCUT2D eigenvalue weighted by atomic mass is 10.1. The van der Waals surface area contributed by atoms with Gasteiger partial charge in [-0.3, -0.25) is 0 Å².